The van der Waals surface area contributed by atoms with Crippen LogP contribution in [0.25, 0.3) is 6.08 Å². The molecule has 1 fully saturated rings. The van der Waals surface area contributed by atoms with E-state index in [2.05, 4.69) is 26.2 Å². The molecule has 1 aromatic carbocycles. The van der Waals surface area contributed by atoms with Gasteiger partial charge in [0, 0.05) is 41.3 Å². The van der Waals surface area contributed by atoms with Gasteiger partial charge in [-0.1, -0.05) is 22.0 Å². The molecule has 0 radical (unpaired) electrons. The zero-order valence-corrected chi connectivity index (χ0v) is 16.2. The highest BCUT2D eigenvalue weighted by Gasteiger charge is 2.26. The molecule has 7 heteroatoms. The Morgan fingerprint density at radius 3 is 2.70 bits per heavy atom. The standard InChI is InChI=1S/C20H19BrFN3O2/c21-16-5-6-17(22)15(13-16)4-7-19(26)25-11-8-14(9-12-25)20(27)24-18-3-1-2-10-23-18/h1-7,10,13-14H,8-9,11-12H2,(H,23,24,27). The van der Waals surface area contributed by atoms with Gasteiger partial charge in [-0.05, 0) is 49.2 Å². The molecule has 0 spiro atoms. The van der Waals surface area contributed by atoms with E-state index in [-0.39, 0.29) is 23.5 Å². The first-order chi connectivity index (χ1) is 13.0. The number of amides is 2. The van der Waals surface area contributed by atoms with Crippen molar-refractivity contribution in [2.45, 2.75) is 12.8 Å². The molecule has 0 aliphatic carbocycles. The summed E-state index contributed by atoms with van der Waals surface area (Å²) in [6.45, 7) is 0.981. The van der Waals surface area contributed by atoms with Crippen LogP contribution in [0.2, 0.25) is 0 Å². The number of halogens is 2. The van der Waals surface area contributed by atoms with Gasteiger partial charge in [-0.25, -0.2) is 9.37 Å². The van der Waals surface area contributed by atoms with Crippen LogP contribution < -0.4 is 5.32 Å². The van der Waals surface area contributed by atoms with E-state index in [0.717, 1.165) is 4.47 Å². The maximum atomic E-state index is 13.7. The molecule has 1 N–H and O–H groups in total. The minimum absolute atomic E-state index is 0.0763. The summed E-state index contributed by atoms with van der Waals surface area (Å²) in [6.07, 6.45) is 5.64. The lowest BCUT2D eigenvalue weighted by molar-refractivity contribution is -0.130. The molecule has 2 heterocycles. The minimum atomic E-state index is -0.382. The van der Waals surface area contributed by atoms with E-state index in [4.69, 9.17) is 0 Å². The number of anilines is 1. The van der Waals surface area contributed by atoms with Crippen molar-refractivity contribution in [1.82, 2.24) is 9.88 Å². The number of carbonyl (C=O) groups excluding carboxylic acids is 2. The van der Waals surface area contributed by atoms with E-state index in [1.807, 2.05) is 6.07 Å². The Morgan fingerprint density at radius 2 is 2.00 bits per heavy atom. The highest BCUT2D eigenvalue weighted by molar-refractivity contribution is 9.10. The van der Waals surface area contributed by atoms with Gasteiger partial charge < -0.3 is 10.2 Å². The van der Waals surface area contributed by atoms with E-state index in [0.29, 0.717) is 37.3 Å². The van der Waals surface area contributed by atoms with E-state index < -0.39 is 0 Å². The van der Waals surface area contributed by atoms with Crippen molar-refractivity contribution in [3.63, 3.8) is 0 Å². The second kappa shape index (κ2) is 8.90. The van der Waals surface area contributed by atoms with Gasteiger partial charge in [-0.15, -0.1) is 0 Å². The van der Waals surface area contributed by atoms with E-state index in [9.17, 15) is 14.0 Å². The third-order valence-electron chi connectivity index (χ3n) is 4.46. The number of benzene rings is 1. The summed E-state index contributed by atoms with van der Waals surface area (Å²) in [7, 11) is 0. The summed E-state index contributed by atoms with van der Waals surface area (Å²) in [6, 6.07) is 9.91. The Balaban J connectivity index is 1.52. The largest absolute Gasteiger partial charge is 0.339 e. The predicted octanol–water partition coefficient (Wildman–Crippen LogP) is 3.87. The Hall–Kier alpha value is -2.54. The molecule has 3 rings (SSSR count). The summed E-state index contributed by atoms with van der Waals surface area (Å²) in [5, 5.41) is 2.80. The van der Waals surface area contributed by atoms with Crippen LogP contribution in [0.3, 0.4) is 0 Å². The normalized spacial score (nSPS) is 15.1. The lowest BCUT2D eigenvalue weighted by atomic mass is 9.96. The lowest BCUT2D eigenvalue weighted by Crippen LogP contribution is -2.40. The first kappa shape index (κ1) is 19.2. The smallest absolute Gasteiger partial charge is 0.246 e. The van der Waals surface area contributed by atoms with Gasteiger partial charge in [-0.3, -0.25) is 9.59 Å². The van der Waals surface area contributed by atoms with Crippen LogP contribution in [-0.4, -0.2) is 34.8 Å². The first-order valence-corrected chi connectivity index (χ1v) is 9.46. The summed E-state index contributed by atoms with van der Waals surface area (Å²) >= 11 is 3.29. The molecular weight excluding hydrogens is 413 g/mol. The van der Waals surface area contributed by atoms with Crippen molar-refractivity contribution < 1.29 is 14.0 Å². The maximum Gasteiger partial charge on any atom is 0.246 e. The third kappa shape index (κ3) is 5.23. The zero-order chi connectivity index (χ0) is 19.2. The molecule has 140 valence electrons. The summed E-state index contributed by atoms with van der Waals surface area (Å²) in [4.78, 5) is 30.4. The van der Waals surface area contributed by atoms with E-state index in [1.54, 1.807) is 35.4 Å². The highest BCUT2D eigenvalue weighted by atomic mass is 79.9. The molecule has 0 bridgehead atoms. The molecule has 1 aromatic heterocycles. The van der Waals surface area contributed by atoms with Crippen molar-refractivity contribution in [1.29, 1.82) is 0 Å². The van der Waals surface area contributed by atoms with Crippen LogP contribution in [0.4, 0.5) is 10.2 Å². The number of likely N-dealkylation sites (tertiary alicyclic amines) is 1. The molecule has 0 atom stereocenters. The van der Waals surface area contributed by atoms with Gasteiger partial charge in [-0.2, -0.15) is 0 Å². The Bertz CT molecular complexity index is 850. The SMILES string of the molecule is O=C(Nc1ccccn1)C1CCN(C(=O)C=Cc2cc(Br)ccc2F)CC1. The fraction of sp³-hybridized carbons (Fsp3) is 0.250. The van der Waals surface area contributed by atoms with Gasteiger partial charge in [0.15, 0.2) is 0 Å². The summed E-state index contributed by atoms with van der Waals surface area (Å²) in [5.41, 5.74) is 0.349. The van der Waals surface area contributed by atoms with Gasteiger partial charge >= 0.3 is 0 Å². The van der Waals surface area contributed by atoms with Crippen molar-refractivity contribution in [3.8, 4) is 0 Å². The lowest BCUT2D eigenvalue weighted by Gasteiger charge is -2.30. The fourth-order valence-electron chi connectivity index (χ4n) is 2.94. The van der Waals surface area contributed by atoms with E-state index in [1.165, 1.54) is 18.2 Å². The molecule has 1 aliphatic rings. The quantitative estimate of drug-likeness (QED) is 0.747. The Kier molecular flexibility index (Phi) is 6.34. The van der Waals surface area contributed by atoms with Gasteiger partial charge in [0.05, 0.1) is 0 Å². The molecule has 5 nitrogen and oxygen atoms in total. The number of pyridine rings is 1. The fourth-order valence-corrected chi connectivity index (χ4v) is 3.31. The molecule has 27 heavy (non-hydrogen) atoms. The molecule has 0 saturated carbocycles. The predicted molar refractivity (Wildman–Crippen MR) is 105 cm³/mol. The Labute approximate surface area is 165 Å². The molecule has 2 aromatic rings. The third-order valence-corrected chi connectivity index (χ3v) is 4.95. The Morgan fingerprint density at radius 1 is 1.22 bits per heavy atom. The average molecular weight is 432 g/mol. The average Bonchev–Trinajstić information content (AvgIpc) is 2.69. The molecule has 2 amide bonds. The number of nitrogens with zero attached hydrogens (tertiary/aromatic N) is 2. The van der Waals surface area contributed by atoms with Gasteiger partial charge in [0.2, 0.25) is 11.8 Å². The van der Waals surface area contributed by atoms with Crippen molar-refractivity contribution in [2.75, 3.05) is 18.4 Å². The summed E-state index contributed by atoms with van der Waals surface area (Å²) < 4.78 is 14.5. The topological polar surface area (TPSA) is 62.3 Å². The highest BCUT2D eigenvalue weighted by Crippen LogP contribution is 2.20. The molecule has 0 unspecified atom stereocenters. The molecular formula is C20H19BrFN3O2. The number of carbonyl (C=O) groups is 2. The molecule has 1 aliphatic heterocycles. The number of aromatic nitrogens is 1. The number of nitrogens with one attached hydrogen (secondary N) is 1. The van der Waals surface area contributed by atoms with Crippen molar-refractivity contribution >= 4 is 39.6 Å². The molecule has 1 saturated heterocycles. The second-order valence-electron chi connectivity index (χ2n) is 6.30. The number of rotatable bonds is 4. The van der Waals surface area contributed by atoms with Crippen LogP contribution in [0.15, 0.2) is 53.1 Å². The number of piperidine rings is 1. The second-order valence-corrected chi connectivity index (χ2v) is 7.22. The first-order valence-electron chi connectivity index (χ1n) is 8.67. The summed E-state index contributed by atoms with van der Waals surface area (Å²) in [5.74, 6) is -0.264. The van der Waals surface area contributed by atoms with E-state index >= 15 is 0 Å². The van der Waals surface area contributed by atoms with Crippen LogP contribution >= 0.6 is 15.9 Å². The monoisotopic (exact) mass is 431 g/mol. The van der Waals surface area contributed by atoms with Crippen molar-refractivity contribution in [2.24, 2.45) is 5.92 Å². The van der Waals surface area contributed by atoms with Crippen LogP contribution in [-0.2, 0) is 9.59 Å². The van der Waals surface area contributed by atoms with Crippen LogP contribution in [0, 0.1) is 11.7 Å². The van der Waals surface area contributed by atoms with Gasteiger partial charge in [0.1, 0.15) is 11.6 Å². The maximum absolute atomic E-state index is 13.7. The van der Waals surface area contributed by atoms with Crippen LogP contribution in [0.5, 0.6) is 0 Å². The minimum Gasteiger partial charge on any atom is -0.339 e. The van der Waals surface area contributed by atoms with Crippen LogP contribution in [0.1, 0.15) is 18.4 Å². The number of hydrogen-bond donors (Lipinski definition) is 1. The zero-order valence-electron chi connectivity index (χ0n) is 14.6. The van der Waals surface area contributed by atoms with Gasteiger partial charge in [0.25, 0.3) is 0 Å². The van der Waals surface area contributed by atoms with Crippen molar-refractivity contribution in [3.05, 3.63) is 64.5 Å². The number of hydrogen-bond acceptors (Lipinski definition) is 3.